The molecule has 0 radical (unpaired) electrons. The minimum atomic E-state index is -3.88. The second kappa shape index (κ2) is 5.80. The summed E-state index contributed by atoms with van der Waals surface area (Å²) in [7, 11) is -3.88. The molecule has 1 aromatic heterocycles. The van der Waals surface area contributed by atoms with Crippen LogP contribution in [0.2, 0.25) is 0 Å². The summed E-state index contributed by atoms with van der Waals surface area (Å²) < 4.78 is 32.0. The van der Waals surface area contributed by atoms with E-state index in [1.54, 1.807) is 37.5 Å². The van der Waals surface area contributed by atoms with Crippen molar-refractivity contribution in [2.24, 2.45) is 20.9 Å². The third kappa shape index (κ3) is 3.69. The summed E-state index contributed by atoms with van der Waals surface area (Å²) in [6, 6.07) is 9.44. The molecule has 0 spiro atoms. The molecule has 0 aliphatic heterocycles. The lowest BCUT2D eigenvalue weighted by Gasteiger charge is -2.01. The van der Waals surface area contributed by atoms with Crippen molar-refractivity contribution in [2.75, 3.05) is 0 Å². The van der Waals surface area contributed by atoms with E-state index in [0.29, 0.717) is 17.2 Å². The molecule has 0 saturated heterocycles. The minimum Gasteiger partial charge on any atom is -0.463 e. The van der Waals surface area contributed by atoms with Crippen LogP contribution < -0.4 is 11.5 Å². The lowest BCUT2D eigenvalue weighted by atomic mass is 10.3. The maximum absolute atomic E-state index is 11.8. The van der Waals surface area contributed by atoms with Crippen LogP contribution in [-0.2, 0) is 10.0 Å². The standard InChI is InChI=1S/C13H14N4O3S/c1-9(12-3-2-8-20-12)16-10-4-6-11(7-5-10)21(18,19)17-13(14)15/h2-8H,1H3,(H4,14,15,17). The van der Waals surface area contributed by atoms with Crippen molar-refractivity contribution in [3.63, 3.8) is 0 Å². The first-order chi connectivity index (χ1) is 9.88. The fraction of sp³-hybridized carbons (Fsp3) is 0.0769. The number of rotatable bonds is 4. The molecule has 8 heteroatoms. The number of nitrogens with zero attached hydrogens (tertiary/aromatic N) is 2. The average Bonchev–Trinajstić information content (AvgIpc) is 2.91. The second-order valence-electron chi connectivity index (χ2n) is 4.16. The van der Waals surface area contributed by atoms with Gasteiger partial charge in [0, 0.05) is 0 Å². The van der Waals surface area contributed by atoms with Crippen LogP contribution in [-0.4, -0.2) is 20.1 Å². The SMILES string of the molecule is CC(=Nc1ccc(S(=O)(=O)N=C(N)N)cc1)c1ccco1. The molecule has 21 heavy (non-hydrogen) atoms. The quantitative estimate of drug-likeness (QED) is 0.652. The van der Waals surface area contributed by atoms with Gasteiger partial charge in [-0.1, -0.05) is 0 Å². The first-order valence-electron chi connectivity index (χ1n) is 5.93. The number of hydrogen-bond donors (Lipinski definition) is 2. The van der Waals surface area contributed by atoms with E-state index in [1.165, 1.54) is 12.1 Å². The lowest BCUT2D eigenvalue weighted by molar-refractivity contribution is 0.557. The summed E-state index contributed by atoms with van der Waals surface area (Å²) in [5, 5.41) is 0. The first kappa shape index (κ1) is 14.8. The molecule has 2 rings (SSSR count). The van der Waals surface area contributed by atoms with E-state index >= 15 is 0 Å². The number of aliphatic imine (C=N–C) groups is 1. The van der Waals surface area contributed by atoms with Crippen LogP contribution in [0.5, 0.6) is 0 Å². The van der Waals surface area contributed by atoms with E-state index in [4.69, 9.17) is 15.9 Å². The molecule has 0 aliphatic rings. The third-order valence-electron chi connectivity index (χ3n) is 2.53. The van der Waals surface area contributed by atoms with Crippen LogP contribution in [0, 0.1) is 0 Å². The van der Waals surface area contributed by atoms with Gasteiger partial charge in [-0.05, 0) is 43.3 Å². The van der Waals surface area contributed by atoms with Crippen molar-refractivity contribution in [1.29, 1.82) is 0 Å². The zero-order valence-electron chi connectivity index (χ0n) is 11.2. The number of hydrogen-bond acceptors (Lipinski definition) is 4. The van der Waals surface area contributed by atoms with E-state index in [2.05, 4.69) is 9.39 Å². The zero-order valence-corrected chi connectivity index (χ0v) is 12.0. The lowest BCUT2D eigenvalue weighted by Crippen LogP contribution is -2.24. The van der Waals surface area contributed by atoms with Gasteiger partial charge in [0.15, 0.2) is 0 Å². The van der Waals surface area contributed by atoms with Crippen LogP contribution in [0.4, 0.5) is 5.69 Å². The number of guanidine groups is 1. The highest BCUT2D eigenvalue weighted by atomic mass is 32.2. The Bertz CT molecular complexity index is 771. The molecule has 0 amide bonds. The van der Waals surface area contributed by atoms with Gasteiger partial charge in [-0.25, -0.2) is 4.99 Å². The Labute approximate surface area is 122 Å². The van der Waals surface area contributed by atoms with Gasteiger partial charge in [0.05, 0.1) is 22.6 Å². The fourth-order valence-corrected chi connectivity index (χ4v) is 2.48. The van der Waals surface area contributed by atoms with Crippen molar-refractivity contribution < 1.29 is 12.8 Å². The molecular formula is C13H14N4O3S. The maximum atomic E-state index is 11.8. The Morgan fingerprint density at radius 2 is 1.81 bits per heavy atom. The van der Waals surface area contributed by atoms with Gasteiger partial charge >= 0.3 is 0 Å². The molecule has 0 unspecified atom stereocenters. The Kier molecular flexibility index (Phi) is 4.08. The summed E-state index contributed by atoms with van der Waals surface area (Å²) in [5.74, 6) is 0.137. The van der Waals surface area contributed by atoms with Gasteiger partial charge < -0.3 is 15.9 Å². The van der Waals surface area contributed by atoms with E-state index < -0.39 is 16.0 Å². The Balaban J connectivity index is 2.28. The van der Waals surface area contributed by atoms with Gasteiger partial charge in [-0.3, -0.25) is 0 Å². The van der Waals surface area contributed by atoms with Gasteiger partial charge in [0.25, 0.3) is 10.0 Å². The summed E-state index contributed by atoms with van der Waals surface area (Å²) >= 11 is 0. The monoisotopic (exact) mass is 306 g/mol. The Morgan fingerprint density at radius 1 is 1.14 bits per heavy atom. The molecule has 110 valence electrons. The topological polar surface area (TPSA) is 124 Å². The van der Waals surface area contributed by atoms with Crippen LogP contribution in [0.1, 0.15) is 12.7 Å². The van der Waals surface area contributed by atoms with Crippen molar-refractivity contribution in [1.82, 2.24) is 0 Å². The summed E-state index contributed by atoms with van der Waals surface area (Å²) in [5.41, 5.74) is 11.4. The average molecular weight is 306 g/mol. The molecule has 1 heterocycles. The van der Waals surface area contributed by atoms with Crippen LogP contribution in [0.3, 0.4) is 0 Å². The number of benzene rings is 1. The predicted octanol–water partition coefficient (Wildman–Crippen LogP) is 1.38. The molecule has 0 saturated carbocycles. The fourth-order valence-electron chi connectivity index (χ4n) is 1.62. The molecular weight excluding hydrogens is 292 g/mol. The van der Waals surface area contributed by atoms with Gasteiger partial charge in [-0.2, -0.15) is 8.42 Å². The van der Waals surface area contributed by atoms with Gasteiger partial charge in [0.2, 0.25) is 5.96 Å². The van der Waals surface area contributed by atoms with E-state index in [1.807, 2.05) is 0 Å². The number of furan rings is 1. The van der Waals surface area contributed by atoms with Crippen LogP contribution in [0.25, 0.3) is 0 Å². The van der Waals surface area contributed by atoms with Crippen molar-refractivity contribution in [2.45, 2.75) is 11.8 Å². The third-order valence-corrected chi connectivity index (χ3v) is 3.85. The number of sulfonamides is 1. The summed E-state index contributed by atoms with van der Waals surface area (Å²) in [6.45, 7) is 1.79. The maximum Gasteiger partial charge on any atom is 0.285 e. The largest absolute Gasteiger partial charge is 0.463 e. The van der Waals surface area contributed by atoms with E-state index in [9.17, 15) is 8.42 Å². The van der Waals surface area contributed by atoms with Crippen LogP contribution in [0.15, 0.2) is 61.4 Å². The molecule has 2 aromatic rings. The summed E-state index contributed by atoms with van der Waals surface area (Å²) in [4.78, 5) is 4.32. The van der Waals surface area contributed by atoms with Crippen LogP contribution >= 0.6 is 0 Å². The number of nitrogens with two attached hydrogens (primary N) is 2. The molecule has 0 atom stereocenters. The highest BCUT2D eigenvalue weighted by molar-refractivity contribution is 7.90. The Hall–Kier alpha value is -2.61. The second-order valence-corrected chi connectivity index (χ2v) is 5.76. The van der Waals surface area contributed by atoms with Crippen molar-refractivity contribution in [3.8, 4) is 0 Å². The normalized spacial score (nSPS) is 12.1. The van der Waals surface area contributed by atoms with Crippen molar-refractivity contribution in [3.05, 3.63) is 48.4 Å². The zero-order chi connectivity index (χ0) is 15.5. The highest BCUT2D eigenvalue weighted by Crippen LogP contribution is 2.19. The van der Waals surface area contributed by atoms with E-state index in [0.717, 1.165) is 0 Å². The van der Waals surface area contributed by atoms with Crippen molar-refractivity contribution >= 4 is 27.4 Å². The molecule has 4 N–H and O–H groups in total. The van der Waals surface area contributed by atoms with Gasteiger partial charge in [-0.15, -0.1) is 4.40 Å². The smallest absolute Gasteiger partial charge is 0.285 e. The predicted molar refractivity (Wildman–Crippen MR) is 80.0 cm³/mol. The van der Waals surface area contributed by atoms with E-state index in [-0.39, 0.29) is 4.90 Å². The molecule has 7 nitrogen and oxygen atoms in total. The highest BCUT2D eigenvalue weighted by Gasteiger charge is 2.12. The summed E-state index contributed by atoms with van der Waals surface area (Å²) in [6.07, 6.45) is 1.55. The van der Waals surface area contributed by atoms with Gasteiger partial charge in [0.1, 0.15) is 5.76 Å². The molecule has 0 aliphatic carbocycles. The molecule has 1 aromatic carbocycles. The minimum absolute atomic E-state index is 0.00879. The molecule has 0 fully saturated rings. The Morgan fingerprint density at radius 3 is 2.33 bits per heavy atom. The molecule has 0 bridgehead atoms. The first-order valence-corrected chi connectivity index (χ1v) is 7.37.